The summed E-state index contributed by atoms with van der Waals surface area (Å²) in [5.41, 5.74) is 7.83. The van der Waals surface area contributed by atoms with Crippen LogP contribution in [-0.2, 0) is 16.6 Å². The topological polar surface area (TPSA) is 70.1 Å². The van der Waals surface area contributed by atoms with E-state index in [-0.39, 0.29) is 12.0 Å². The van der Waals surface area contributed by atoms with Crippen molar-refractivity contribution in [1.29, 1.82) is 0 Å². The van der Waals surface area contributed by atoms with E-state index in [1.54, 1.807) is 4.68 Å². The van der Waals surface area contributed by atoms with Crippen LogP contribution in [0.4, 0.5) is 0 Å². The lowest BCUT2D eigenvalue weighted by atomic mass is 10.1. The molecule has 5 nitrogen and oxygen atoms in total. The van der Waals surface area contributed by atoms with Crippen molar-refractivity contribution in [2.75, 3.05) is 7.11 Å². The van der Waals surface area contributed by atoms with E-state index in [0.29, 0.717) is 12.8 Å². The number of hydrogen-bond acceptors (Lipinski definition) is 4. The number of aryl methyl sites for hydroxylation is 2. The van der Waals surface area contributed by atoms with Gasteiger partial charge in [-0.1, -0.05) is 0 Å². The summed E-state index contributed by atoms with van der Waals surface area (Å²) in [6.07, 6.45) is 2.80. The molecule has 1 rings (SSSR count). The lowest BCUT2D eigenvalue weighted by Gasteiger charge is -2.08. The molecule has 5 heteroatoms. The number of rotatable bonds is 4. The van der Waals surface area contributed by atoms with Crippen LogP contribution in [0.15, 0.2) is 6.20 Å². The van der Waals surface area contributed by atoms with Crippen molar-refractivity contribution in [1.82, 2.24) is 9.78 Å². The molecule has 2 N–H and O–H groups in total. The average Bonchev–Trinajstić information content (AvgIpc) is 2.53. The van der Waals surface area contributed by atoms with Crippen molar-refractivity contribution in [3.63, 3.8) is 0 Å². The summed E-state index contributed by atoms with van der Waals surface area (Å²) in [6.45, 7) is 1.96. The maximum absolute atomic E-state index is 10.9. The lowest BCUT2D eigenvalue weighted by Crippen LogP contribution is -2.14. The fourth-order valence-electron chi connectivity index (χ4n) is 1.50. The van der Waals surface area contributed by atoms with E-state index in [0.717, 1.165) is 11.3 Å². The molecule has 0 radical (unpaired) electrons. The third kappa shape index (κ3) is 3.06. The minimum Gasteiger partial charge on any atom is -0.469 e. The van der Waals surface area contributed by atoms with E-state index in [4.69, 9.17) is 5.73 Å². The predicted molar refractivity (Wildman–Crippen MR) is 56.1 cm³/mol. The van der Waals surface area contributed by atoms with Gasteiger partial charge in [0, 0.05) is 25.7 Å². The third-order valence-electron chi connectivity index (χ3n) is 2.29. The van der Waals surface area contributed by atoms with Gasteiger partial charge in [0.15, 0.2) is 0 Å². The Morgan fingerprint density at radius 2 is 2.40 bits per heavy atom. The SMILES string of the molecule is COC(=O)CCC(N)c1nn(C)cc1C. The van der Waals surface area contributed by atoms with Crippen molar-refractivity contribution < 1.29 is 9.53 Å². The second kappa shape index (κ2) is 4.93. The highest BCUT2D eigenvalue weighted by molar-refractivity contribution is 5.69. The van der Waals surface area contributed by atoms with Crippen LogP contribution < -0.4 is 5.73 Å². The van der Waals surface area contributed by atoms with Crippen LogP contribution in [0.25, 0.3) is 0 Å². The monoisotopic (exact) mass is 211 g/mol. The Morgan fingerprint density at radius 3 is 2.87 bits per heavy atom. The maximum atomic E-state index is 10.9. The second-order valence-corrected chi connectivity index (χ2v) is 3.59. The molecule has 0 aliphatic carbocycles. The second-order valence-electron chi connectivity index (χ2n) is 3.59. The molecule has 0 aliphatic heterocycles. The Bertz CT molecular complexity index is 346. The first-order valence-electron chi connectivity index (χ1n) is 4.87. The molecule has 1 aromatic heterocycles. The Kier molecular flexibility index (Phi) is 3.85. The average molecular weight is 211 g/mol. The molecule has 15 heavy (non-hydrogen) atoms. The minimum absolute atomic E-state index is 0.203. The van der Waals surface area contributed by atoms with Crippen LogP contribution in [0.3, 0.4) is 0 Å². The van der Waals surface area contributed by atoms with Gasteiger partial charge in [0.05, 0.1) is 12.8 Å². The van der Waals surface area contributed by atoms with Gasteiger partial charge in [0.2, 0.25) is 0 Å². The highest BCUT2D eigenvalue weighted by Gasteiger charge is 2.14. The molecule has 1 heterocycles. The first-order chi connectivity index (χ1) is 7.04. The van der Waals surface area contributed by atoms with Crippen molar-refractivity contribution in [3.8, 4) is 0 Å². The van der Waals surface area contributed by atoms with Crippen molar-refractivity contribution in [2.24, 2.45) is 12.8 Å². The zero-order chi connectivity index (χ0) is 11.4. The summed E-state index contributed by atoms with van der Waals surface area (Å²) < 4.78 is 6.28. The molecular weight excluding hydrogens is 194 g/mol. The van der Waals surface area contributed by atoms with Gasteiger partial charge in [-0.3, -0.25) is 9.48 Å². The normalized spacial score (nSPS) is 12.5. The van der Waals surface area contributed by atoms with Gasteiger partial charge in [-0.05, 0) is 18.9 Å². The number of aromatic nitrogens is 2. The molecule has 0 amide bonds. The maximum Gasteiger partial charge on any atom is 0.305 e. The fraction of sp³-hybridized carbons (Fsp3) is 0.600. The van der Waals surface area contributed by atoms with Gasteiger partial charge in [0.1, 0.15) is 0 Å². The number of esters is 1. The van der Waals surface area contributed by atoms with Crippen LogP contribution in [0.1, 0.15) is 30.1 Å². The Balaban J connectivity index is 2.57. The molecule has 1 aromatic rings. The van der Waals surface area contributed by atoms with Crippen LogP contribution >= 0.6 is 0 Å². The van der Waals surface area contributed by atoms with Gasteiger partial charge in [-0.2, -0.15) is 5.10 Å². The van der Waals surface area contributed by atoms with Crippen LogP contribution in [-0.4, -0.2) is 22.9 Å². The van der Waals surface area contributed by atoms with Gasteiger partial charge < -0.3 is 10.5 Å². The van der Waals surface area contributed by atoms with Crippen molar-refractivity contribution in [2.45, 2.75) is 25.8 Å². The zero-order valence-electron chi connectivity index (χ0n) is 9.36. The van der Waals surface area contributed by atoms with Crippen LogP contribution in [0.2, 0.25) is 0 Å². The molecule has 1 atom stereocenters. The van der Waals surface area contributed by atoms with E-state index in [1.807, 2.05) is 20.2 Å². The highest BCUT2D eigenvalue weighted by atomic mass is 16.5. The number of carbonyl (C=O) groups is 1. The Morgan fingerprint density at radius 1 is 1.73 bits per heavy atom. The molecular formula is C10H17N3O2. The van der Waals surface area contributed by atoms with E-state index >= 15 is 0 Å². The Hall–Kier alpha value is -1.36. The molecule has 1 unspecified atom stereocenters. The highest BCUT2D eigenvalue weighted by Crippen LogP contribution is 2.17. The summed E-state index contributed by atoms with van der Waals surface area (Å²) in [6, 6.07) is -0.203. The van der Waals surface area contributed by atoms with E-state index in [9.17, 15) is 4.79 Å². The number of hydrogen-bond donors (Lipinski definition) is 1. The minimum atomic E-state index is -0.237. The third-order valence-corrected chi connectivity index (χ3v) is 2.29. The van der Waals surface area contributed by atoms with E-state index < -0.39 is 0 Å². The summed E-state index contributed by atoms with van der Waals surface area (Å²) in [5.74, 6) is -0.237. The zero-order valence-corrected chi connectivity index (χ0v) is 9.36. The van der Waals surface area contributed by atoms with Crippen LogP contribution in [0, 0.1) is 6.92 Å². The number of nitrogens with two attached hydrogens (primary N) is 1. The predicted octanol–water partition coefficient (Wildman–Crippen LogP) is 0.682. The number of carbonyl (C=O) groups excluding carboxylic acids is 1. The number of methoxy groups -OCH3 is 1. The van der Waals surface area contributed by atoms with Crippen molar-refractivity contribution >= 4 is 5.97 Å². The quantitative estimate of drug-likeness (QED) is 0.743. The standard InChI is InChI=1S/C10H17N3O2/c1-7-6-13(2)12-10(7)8(11)4-5-9(14)15-3/h6,8H,4-5,11H2,1-3H3. The van der Waals surface area contributed by atoms with E-state index in [2.05, 4.69) is 9.84 Å². The smallest absolute Gasteiger partial charge is 0.305 e. The molecule has 0 saturated carbocycles. The van der Waals surface area contributed by atoms with Crippen molar-refractivity contribution in [3.05, 3.63) is 17.5 Å². The largest absolute Gasteiger partial charge is 0.469 e. The molecule has 84 valence electrons. The lowest BCUT2D eigenvalue weighted by molar-refractivity contribution is -0.140. The number of ether oxygens (including phenoxy) is 1. The first-order valence-corrected chi connectivity index (χ1v) is 4.87. The molecule has 0 aromatic carbocycles. The molecule has 0 fully saturated rings. The Labute approximate surface area is 89.2 Å². The van der Waals surface area contributed by atoms with E-state index in [1.165, 1.54) is 7.11 Å². The summed E-state index contributed by atoms with van der Waals surface area (Å²) in [5, 5.41) is 4.25. The summed E-state index contributed by atoms with van der Waals surface area (Å²) >= 11 is 0. The van der Waals surface area contributed by atoms with Gasteiger partial charge in [-0.25, -0.2) is 0 Å². The van der Waals surface area contributed by atoms with Gasteiger partial charge in [0.25, 0.3) is 0 Å². The molecule has 0 aliphatic rings. The summed E-state index contributed by atoms with van der Waals surface area (Å²) in [7, 11) is 3.23. The fourth-order valence-corrected chi connectivity index (χ4v) is 1.50. The molecule has 0 saturated heterocycles. The summed E-state index contributed by atoms with van der Waals surface area (Å²) in [4.78, 5) is 10.9. The van der Waals surface area contributed by atoms with Gasteiger partial charge >= 0.3 is 5.97 Å². The van der Waals surface area contributed by atoms with Crippen LogP contribution in [0.5, 0.6) is 0 Å². The number of nitrogens with zero attached hydrogens (tertiary/aromatic N) is 2. The molecule has 0 bridgehead atoms. The van der Waals surface area contributed by atoms with Gasteiger partial charge in [-0.15, -0.1) is 0 Å². The first kappa shape index (κ1) is 11.7. The molecule has 0 spiro atoms.